The number of benzene rings is 3. The van der Waals surface area contributed by atoms with Gasteiger partial charge in [-0.15, -0.1) is 0 Å². The lowest BCUT2D eigenvalue weighted by atomic mass is 10.0. The highest BCUT2D eigenvalue weighted by atomic mass is 79.9. The molecule has 0 aliphatic carbocycles. The standard InChI is InChI=1S/C22H14BrCl2NO/c23-20-11-15(10-18(13-26)16-5-3-6-19(24)12-16)8-9-22(20)27-14-17-4-1-2-7-21(17)25/h1-12H,14H2/b18-10-. The first-order valence-corrected chi connectivity index (χ1v) is 9.65. The van der Waals surface area contributed by atoms with Crippen molar-refractivity contribution in [3.8, 4) is 11.8 Å². The summed E-state index contributed by atoms with van der Waals surface area (Å²) >= 11 is 15.7. The Hall–Kier alpha value is -2.25. The number of nitriles is 1. The summed E-state index contributed by atoms with van der Waals surface area (Å²) in [5.41, 5.74) is 3.11. The van der Waals surface area contributed by atoms with E-state index in [0.717, 1.165) is 21.2 Å². The van der Waals surface area contributed by atoms with Crippen molar-refractivity contribution in [2.75, 3.05) is 0 Å². The molecule has 0 saturated carbocycles. The molecule has 0 saturated heterocycles. The van der Waals surface area contributed by atoms with Gasteiger partial charge in [0.1, 0.15) is 12.4 Å². The minimum atomic E-state index is 0.374. The van der Waals surface area contributed by atoms with E-state index in [0.29, 0.717) is 28.0 Å². The van der Waals surface area contributed by atoms with Crippen LogP contribution in [0, 0.1) is 11.3 Å². The molecular formula is C22H14BrCl2NO. The third kappa shape index (κ3) is 5.14. The van der Waals surface area contributed by atoms with Gasteiger partial charge in [0.2, 0.25) is 0 Å². The average Bonchev–Trinajstić information content (AvgIpc) is 2.66. The van der Waals surface area contributed by atoms with Crippen LogP contribution in [0.15, 0.2) is 71.2 Å². The van der Waals surface area contributed by atoms with E-state index in [4.69, 9.17) is 27.9 Å². The summed E-state index contributed by atoms with van der Waals surface area (Å²) in [6, 6.07) is 22.7. The minimum absolute atomic E-state index is 0.374. The number of ether oxygens (including phenoxy) is 1. The van der Waals surface area contributed by atoms with Crippen LogP contribution < -0.4 is 4.74 Å². The monoisotopic (exact) mass is 457 g/mol. The van der Waals surface area contributed by atoms with Gasteiger partial charge in [-0.1, -0.05) is 59.6 Å². The van der Waals surface area contributed by atoms with E-state index in [1.165, 1.54) is 0 Å². The van der Waals surface area contributed by atoms with Crippen molar-refractivity contribution in [3.05, 3.63) is 97.9 Å². The Morgan fingerprint density at radius 3 is 2.56 bits per heavy atom. The number of allylic oxidation sites excluding steroid dienone is 1. The molecule has 2 nitrogen and oxygen atoms in total. The molecule has 3 rings (SSSR count). The summed E-state index contributed by atoms with van der Waals surface area (Å²) in [6.07, 6.45) is 1.81. The molecule has 0 fully saturated rings. The maximum Gasteiger partial charge on any atom is 0.134 e. The molecule has 0 spiro atoms. The van der Waals surface area contributed by atoms with Gasteiger partial charge in [-0.05, 0) is 63.5 Å². The van der Waals surface area contributed by atoms with Crippen LogP contribution >= 0.6 is 39.1 Å². The smallest absolute Gasteiger partial charge is 0.134 e. The second kappa shape index (κ2) is 9.10. The van der Waals surface area contributed by atoms with Gasteiger partial charge in [-0.2, -0.15) is 5.26 Å². The Labute approximate surface area is 176 Å². The molecule has 3 aromatic rings. The van der Waals surface area contributed by atoms with Crippen molar-refractivity contribution in [2.24, 2.45) is 0 Å². The molecule has 0 bridgehead atoms. The summed E-state index contributed by atoms with van der Waals surface area (Å²) in [6.45, 7) is 0.374. The van der Waals surface area contributed by atoms with Gasteiger partial charge < -0.3 is 4.74 Å². The first-order valence-electron chi connectivity index (χ1n) is 8.10. The van der Waals surface area contributed by atoms with Crippen LogP contribution in [0.2, 0.25) is 10.0 Å². The number of nitrogens with zero attached hydrogens (tertiary/aromatic N) is 1. The van der Waals surface area contributed by atoms with Crippen LogP contribution in [0.4, 0.5) is 0 Å². The fraction of sp³-hybridized carbons (Fsp3) is 0.0455. The predicted molar refractivity (Wildman–Crippen MR) is 115 cm³/mol. The summed E-state index contributed by atoms with van der Waals surface area (Å²) in [5, 5.41) is 10.8. The molecule has 0 aliphatic heterocycles. The average molecular weight is 459 g/mol. The van der Waals surface area contributed by atoms with E-state index in [1.807, 2.05) is 60.7 Å². The highest BCUT2D eigenvalue weighted by molar-refractivity contribution is 9.10. The lowest BCUT2D eigenvalue weighted by Crippen LogP contribution is -1.97. The predicted octanol–water partition coefficient (Wildman–Crippen LogP) is 7.40. The fourth-order valence-corrected chi connectivity index (χ4v) is 3.39. The number of halogens is 3. The van der Waals surface area contributed by atoms with Gasteiger partial charge in [-0.25, -0.2) is 0 Å². The van der Waals surface area contributed by atoms with E-state index in [9.17, 15) is 5.26 Å². The molecule has 0 N–H and O–H groups in total. The summed E-state index contributed by atoms with van der Waals surface area (Å²) in [5.74, 6) is 0.702. The zero-order chi connectivity index (χ0) is 19.2. The first-order chi connectivity index (χ1) is 13.1. The third-order valence-corrected chi connectivity index (χ3v) is 5.09. The van der Waals surface area contributed by atoms with Gasteiger partial charge in [0, 0.05) is 15.6 Å². The zero-order valence-electron chi connectivity index (χ0n) is 14.1. The largest absolute Gasteiger partial charge is 0.488 e. The molecule has 0 radical (unpaired) electrons. The van der Waals surface area contributed by atoms with E-state index in [2.05, 4.69) is 22.0 Å². The maximum atomic E-state index is 9.48. The van der Waals surface area contributed by atoms with Gasteiger partial charge in [-0.3, -0.25) is 0 Å². The molecule has 3 aromatic carbocycles. The molecule has 5 heteroatoms. The lowest BCUT2D eigenvalue weighted by molar-refractivity contribution is 0.304. The Morgan fingerprint density at radius 2 is 1.85 bits per heavy atom. The fourth-order valence-electron chi connectivity index (χ4n) is 2.50. The maximum absolute atomic E-state index is 9.48. The summed E-state index contributed by atoms with van der Waals surface area (Å²) in [7, 11) is 0. The molecule has 0 amide bonds. The number of hydrogen-bond donors (Lipinski definition) is 0. The number of hydrogen-bond acceptors (Lipinski definition) is 2. The molecule has 134 valence electrons. The van der Waals surface area contributed by atoms with Crippen molar-refractivity contribution in [1.82, 2.24) is 0 Å². The molecule has 0 heterocycles. The number of rotatable bonds is 5. The van der Waals surface area contributed by atoms with Crippen LogP contribution in [-0.4, -0.2) is 0 Å². The van der Waals surface area contributed by atoms with E-state index in [1.54, 1.807) is 12.1 Å². The minimum Gasteiger partial charge on any atom is -0.488 e. The first kappa shape index (κ1) is 19.5. The lowest BCUT2D eigenvalue weighted by Gasteiger charge is -2.10. The van der Waals surface area contributed by atoms with Crippen molar-refractivity contribution < 1.29 is 4.74 Å². The summed E-state index contributed by atoms with van der Waals surface area (Å²) < 4.78 is 6.65. The van der Waals surface area contributed by atoms with Crippen LogP contribution in [0.5, 0.6) is 5.75 Å². The zero-order valence-corrected chi connectivity index (χ0v) is 17.2. The van der Waals surface area contributed by atoms with Crippen LogP contribution in [0.1, 0.15) is 16.7 Å². The Kier molecular flexibility index (Phi) is 6.58. The highest BCUT2D eigenvalue weighted by Crippen LogP contribution is 2.29. The SMILES string of the molecule is N#C/C(=C/c1ccc(OCc2ccccc2Cl)c(Br)c1)c1cccc(Cl)c1. The van der Waals surface area contributed by atoms with Crippen molar-refractivity contribution in [1.29, 1.82) is 5.26 Å². The molecule has 0 unspecified atom stereocenters. The van der Waals surface area contributed by atoms with E-state index < -0.39 is 0 Å². The van der Waals surface area contributed by atoms with Crippen LogP contribution in [-0.2, 0) is 6.61 Å². The highest BCUT2D eigenvalue weighted by Gasteiger charge is 2.07. The molecule has 0 atom stereocenters. The van der Waals surface area contributed by atoms with Crippen LogP contribution in [0.25, 0.3) is 11.6 Å². The second-order valence-electron chi connectivity index (χ2n) is 5.75. The van der Waals surface area contributed by atoms with Gasteiger partial charge in [0.15, 0.2) is 0 Å². The van der Waals surface area contributed by atoms with Gasteiger partial charge >= 0.3 is 0 Å². The summed E-state index contributed by atoms with van der Waals surface area (Å²) in [4.78, 5) is 0. The molecular weight excluding hydrogens is 445 g/mol. The van der Waals surface area contributed by atoms with Gasteiger partial charge in [0.05, 0.1) is 16.1 Å². The quantitative estimate of drug-likeness (QED) is 0.294. The topological polar surface area (TPSA) is 33.0 Å². The van der Waals surface area contributed by atoms with Crippen molar-refractivity contribution in [3.63, 3.8) is 0 Å². The molecule has 0 aromatic heterocycles. The Morgan fingerprint density at radius 1 is 1.04 bits per heavy atom. The third-order valence-electron chi connectivity index (χ3n) is 3.86. The normalized spacial score (nSPS) is 11.1. The Bertz CT molecular complexity index is 1040. The van der Waals surface area contributed by atoms with Crippen molar-refractivity contribution >= 4 is 50.8 Å². The molecule has 27 heavy (non-hydrogen) atoms. The molecule has 0 aliphatic rings. The van der Waals surface area contributed by atoms with E-state index >= 15 is 0 Å². The van der Waals surface area contributed by atoms with Crippen molar-refractivity contribution in [2.45, 2.75) is 6.61 Å². The second-order valence-corrected chi connectivity index (χ2v) is 7.45. The van der Waals surface area contributed by atoms with Gasteiger partial charge in [0.25, 0.3) is 0 Å². The van der Waals surface area contributed by atoms with E-state index in [-0.39, 0.29) is 0 Å². The Balaban J connectivity index is 1.80. The van der Waals surface area contributed by atoms with Crippen LogP contribution in [0.3, 0.4) is 0 Å².